The number of rotatable bonds is 21. The monoisotopic (exact) mass is 931 g/mol. The first kappa shape index (κ1) is 47.3. The second-order valence-electron chi connectivity index (χ2n) is 16.3. The van der Waals surface area contributed by atoms with E-state index in [1.54, 1.807) is 11.0 Å². The van der Waals surface area contributed by atoms with Crippen LogP contribution in [0.2, 0.25) is 0 Å². The Bertz CT molecular complexity index is 2690. The topological polar surface area (TPSA) is 161 Å². The highest BCUT2D eigenvalue weighted by atomic mass is 32.2. The SMILES string of the molecule is O=C(O)CCCCCCCCCCCN1C(=O)/C(=c2\s/c(=C\c3ccc4c(c3)CCN4c3ccc(C=C(c4ccc(CO)cc4)c4ccc(CO)cc4)cc3)c(=O)n2CC(=O)O)SC1=S. The van der Waals surface area contributed by atoms with Crippen molar-refractivity contribution in [3.8, 4) is 0 Å². The fourth-order valence-electron chi connectivity index (χ4n) is 8.23. The number of amides is 1. The lowest BCUT2D eigenvalue weighted by molar-refractivity contribution is -0.138. The van der Waals surface area contributed by atoms with Crippen molar-refractivity contribution in [1.82, 2.24) is 9.47 Å². The molecule has 338 valence electrons. The maximum Gasteiger partial charge on any atom is 0.323 e. The van der Waals surface area contributed by atoms with E-state index in [-0.39, 0.29) is 30.4 Å². The van der Waals surface area contributed by atoms with Crippen molar-refractivity contribution in [3.63, 3.8) is 0 Å². The number of hydrogen-bond acceptors (Lipinski definition) is 10. The molecular formula is C51H53N3O8S3. The number of aliphatic carboxylic acids is 2. The molecular weight excluding hydrogens is 879 g/mol. The Labute approximate surface area is 391 Å². The molecule has 0 unspecified atom stereocenters. The number of aliphatic hydroxyl groups excluding tert-OH is 2. The van der Waals surface area contributed by atoms with Gasteiger partial charge >= 0.3 is 11.9 Å². The molecule has 1 fully saturated rings. The highest BCUT2D eigenvalue weighted by molar-refractivity contribution is 8.30. The number of aromatic nitrogens is 1. The molecule has 4 N–H and O–H groups in total. The van der Waals surface area contributed by atoms with Gasteiger partial charge in [-0.15, -0.1) is 11.3 Å². The second kappa shape index (κ2) is 22.5. The van der Waals surface area contributed by atoms with Gasteiger partial charge in [-0.1, -0.05) is 136 Å². The number of aliphatic hydroxyl groups is 2. The summed E-state index contributed by atoms with van der Waals surface area (Å²) >= 11 is 7.83. The van der Waals surface area contributed by atoms with Crippen LogP contribution >= 0.6 is 35.3 Å². The molecule has 11 nitrogen and oxygen atoms in total. The summed E-state index contributed by atoms with van der Waals surface area (Å²) in [6, 6.07) is 30.1. The number of carboxylic acid groups (broad SMARTS) is 2. The van der Waals surface area contributed by atoms with E-state index in [1.807, 2.05) is 60.7 Å². The molecule has 0 bridgehead atoms. The smallest absolute Gasteiger partial charge is 0.323 e. The number of anilines is 2. The van der Waals surface area contributed by atoms with Crippen LogP contribution in [0, 0.1) is 0 Å². The van der Waals surface area contributed by atoms with E-state index in [4.69, 9.17) is 17.3 Å². The van der Waals surface area contributed by atoms with Crippen molar-refractivity contribution in [1.29, 1.82) is 0 Å². The summed E-state index contributed by atoms with van der Waals surface area (Å²) in [6.07, 6.45) is 13.6. The minimum absolute atomic E-state index is 0.0283. The van der Waals surface area contributed by atoms with E-state index in [0.717, 1.165) is 150 Å². The van der Waals surface area contributed by atoms with Gasteiger partial charge in [0.05, 0.1) is 17.7 Å². The van der Waals surface area contributed by atoms with Crippen LogP contribution in [0.25, 0.3) is 22.6 Å². The Morgan fingerprint density at radius 3 is 1.88 bits per heavy atom. The Morgan fingerprint density at radius 1 is 0.708 bits per heavy atom. The number of carboxylic acids is 2. The van der Waals surface area contributed by atoms with Gasteiger partial charge in [-0.2, -0.15) is 0 Å². The molecule has 1 amide bonds. The maximum absolute atomic E-state index is 13.8. The summed E-state index contributed by atoms with van der Waals surface area (Å²) in [5.41, 5.74) is 9.28. The van der Waals surface area contributed by atoms with Crippen LogP contribution in [-0.2, 0) is 40.6 Å². The van der Waals surface area contributed by atoms with Crippen LogP contribution < -0.4 is 19.7 Å². The van der Waals surface area contributed by atoms with Gasteiger partial charge in [0.1, 0.15) is 20.4 Å². The van der Waals surface area contributed by atoms with Gasteiger partial charge < -0.3 is 25.3 Å². The van der Waals surface area contributed by atoms with Crippen LogP contribution in [-0.4, -0.2) is 65.1 Å². The van der Waals surface area contributed by atoms with E-state index in [1.165, 1.54) is 4.57 Å². The number of thioether (sulfide) groups is 1. The summed E-state index contributed by atoms with van der Waals surface area (Å²) < 4.78 is 2.20. The fourth-order valence-corrected chi connectivity index (χ4v) is 10.8. The van der Waals surface area contributed by atoms with Gasteiger partial charge in [-0.05, 0) is 100 Å². The molecule has 7 rings (SSSR count). The molecule has 0 atom stereocenters. The molecule has 5 aromatic rings. The van der Waals surface area contributed by atoms with Gasteiger partial charge in [0.25, 0.3) is 11.5 Å². The Morgan fingerprint density at radius 2 is 1.29 bits per heavy atom. The van der Waals surface area contributed by atoms with E-state index < -0.39 is 24.0 Å². The first-order valence-corrected chi connectivity index (χ1v) is 24.1. The minimum atomic E-state index is -1.18. The van der Waals surface area contributed by atoms with Crippen molar-refractivity contribution < 1.29 is 34.8 Å². The summed E-state index contributed by atoms with van der Waals surface area (Å²) in [5, 5.41) is 37.7. The standard InChI is InChI=1S/C51H53N3O8S3/c55-32-35-11-18-38(19-12-35)42(39-20-13-36(33-56)14-21-39)29-34-15-22-41(23-16-34)52-27-25-40-28-37(17-24-43(40)52)30-44-48(61)54(31-46(59)60)50(64-44)47-49(62)53(51(63)65-47)26-9-7-5-3-1-2-4-6-8-10-45(57)58/h11-24,28-30,55-56H,1-10,25-27,31-33H2,(H,57,58)(H,59,60)/b44-30-,50-47+. The number of thiocarbonyl (C=S) groups is 1. The fraction of sp³-hybridized carbons (Fsp3) is 0.314. The number of nitrogens with zero attached hydrogens (tertiary/aromatic N) is 3. The van der Waals surface area contributed by atoms with Crippen molar-refractivity contribution >= 4 is 91.5 Å². The maximum atomic E-state index is 13.8. The summed E-state index contributed by atoms with van der Waals surface area (Å²) in [4.78, 5) is 54.2. The van der Waals surface area contributed by atoms with Crippen LogP contribution in [0.15, 0.2) is 95.8 Å². The Balaban J connectivity index is 1.05. The summed E-state index contributed by atoms with van der Waals surface area (Å²) in [6.45, 7) is 0.591. The second-order valence-corrected chi connectivity index (χ2v) is 19.0. The lowest BCUT2D eigenvalue weighted by Crippen LogP contribution is -2.35. The Kier molecular flexibility index (Phi) is 16.4. The van der Waals surface area contributed by atoms with Crippen molar-refractivity contribution in [2.45, 2.75) is 90.4 Å². The van der Waals surface area contributed by atoms with Crippen LogP contribution in [0.5, 0.6) is 0 Å². The first-order valence-electron chi connectivity index (χ1n) is 22.1. The van der Waals surface area contributed by atoms with Crippen LogP contribution in [0.4, 0.5) is 11.4 Å². The van der Waals surface area contributed by atoms with Crippen molar-refractivity contribution in [2.75, 3.05) is 18.0 Å². The van der Waals surface area contributed by atoms with E-state index in [0.29, 0.717) is 20.1 Å². The van der Waals surface area contributed by atoms with E-state index in [2.05, 4.69) is 41.3 Å². The number of carbonyl (C=O) groups excluding carboxylic acids is 1. The zero-order chi connectivity index (χ0) is 45.9. The average molecular weight is 932 g/mol. The number of benzene rings is 4. The number of hydrogen-bond donors (Lipinski definition) is 4. The van der Waals surface area contributed by atoms with Crippen LogP contribution in [0.1, 0.15) is 103 Å². The first-order chi connectivity index (χ1) is 31.5. The third kappa shape index (κ3) is 12.0. The van der Waals surface area contributed by atoms with E-state index >= 15 is 0 Å². The third-order valence-corrected chi connectivity index (χ3v) is 14.4. The molecule has 0 aliphatic carbocycles. The quantitative estimate of drug-likeness (QED) is 0.0320. The normalized spacial score (nSPS) is 14.6. The zero-order valence-corrected chi connectivity index (χ0v) is 38.6. The number of fused-ring (bicyclic) bond motifs is 1. The van der Waals surface area contributed by atoms with Gasteiger partial charge in [0, 0.05) is 30.9 Å². The number of thiazole rings is 1. The van der Waals surface area contributed by atoms with E-state index in [9.17, 15) is 34.5 Å². The lowest BCUT2D eigenvalue weighted by Gasteiger charge is -2.20. The highest BCUT2D eigenvalue weighted by Gasteiger charge is 2.34. The predicted molar refractivity (Wildman–Crippen MR) is 263 cm³/mol. The van der Waals surface area contributed by atoms with Gasteiger partial charge in [0.15, 0.2) is 0 Å². The lowest BCUT2D eigenvalue weighted by atomic mass is 9.94. The Hall–Kier alpha value is -5.64. The largest absolute Gasteiger partial charge is 0.481 e. The molecule has 0 spiro atoms. The van der Waals surface area contributed by atoms with Gasteiger partial charge in [0.2, 0.25) is 0 Å². The molecule has 1 aromatic heterocycles. The zero-order valence-electron chi connectivity index (χ0n) is 36.1. The number of carbonyl (C=O) groups is 3. The van der Waals surface area contributed by atoms with Gasteiger partial charge in [-0.3, -0.25) is 28.6 Å². The molecule has 0 radical (unpaired) electrons. The average Bonchev–Trinajstić information content (AvgIpc) is 3.96. The van der Waals surface area contributed by atoms with Crippen LogP contribution in [0.3, 0.4) is 0 Å². The highest BCUT2D eigenvalue weighted by Crippen LogP contribution is 2.36. The molecule has 2 aliphatic rings. The molecule has 3 heterocycles. The molecule has 2 aliphatic heterocycles. The summed E-state index contributed by atoms with van der Waals surface area (Å²) in [5.74, 6) is -2.24. The summed E-state index contributed by atoms with van der Waals surface area (Å²) in [7, 11) is 0. The predicted octanol–water partition coefficient (Wildman–Crippen LogP) is 8.05. The molecule has 14 heteroatoms. The molecule has 1 saturated heterocycles. The molecule has 4 aromatic carbocycles. The molecule has 65 heavy (non-hydrogen) atoms. The number of unbranched alkanes of at least 4 members (excludes halogenated alkanes) is 8. The van der Waals surface area contributed by atoms with Gasteiger partial charge in [-0.25, -0.2) is 0 Å². The minimum Gasteiger partial charge on any atom is -0.481 e. The third-order valence-electron chi connectivity index (χ3n) is 11.7. The van der Waals surface area contributed by atoms with Crippen molar-refractivity contribution in [3.05, 3.63) is 149 Å². The molecule has 0 saturated carbocycles. The van der Waals surface area contributed by atoms with Crippen molar-refractivity contribution in [2.24, 2.45) is 0 Å².